The molecule has 2 N–H and O–H groups in total. The minimum absolute atomic E-state index is 0.0366. The van der Waals surface area contributed by atoms with Crippen molar-refractivity contribution in [1.82, 2.24) is 4.72 Å². The van der Waals surface area contributed by atoms with Crippen LogP contribution >= 0.6 is 27.5 Å². The van der Waals surface area contributed by atoms with Crippen LogP contribution in [0.15, 0.2) is 27.6 Å². The summed E-state index contributed by atoms with van der Waals surface area (Å²) in [5, 5.41) is 9.25. The van der Waals surface area contributed by atoms with Gasteiger partial charge in [-0.3, -0.25) is 0 Å². The first-order chi connectivity index (χ1) is 9.08. The molecule has 1 atom stereocenters. The maximum atomic E-state index is 12.4. The first-order valence-electron chi connectivity index (χ1n) is 6.16. The van der Waals surface area contributed by atoms with Crippen molar-refractivity contribution < 1.29 is 13.5 Å². The molecule has 1 aromatic rings. The van der Waals surface area contributed by atoms with Gasteiger partial charge in [0.15, 0.2) is 0 Å². The summed E-state index contributed by atoms with van der Waals surface area (Å²) in [6.07, 6.45) is 0.344. The Kier molecular flexibility index (Phi) is 6.04. The molecular weight excluding hydrogens is 366 g/mol. The van der Waals surface area contributed by atoms with Crippen LogP contribution in [0.4, 0.5) is 0 Å². The van der Waals surface area contributed by atoms with Crippen LogP contribution in [0.2, 0.25) is 5.02 Å². The molecule has 0 bridgehead atoms. The molecule has 7 heteroatoms. The molecule has 0 spiro atoms. The quantitative estimate of drug-likeness (QED) is 0.819. The number of rotatable bonds is 5. The summed E-state index contributed by atoms with van der Waals surface area (Å²) in [4.78, 5) is 0.0366. The van der Waals surface area contributed by atoms with Crippen LogP contribution in [0.1, 0.15) is 27.2 Å². The molecule has 0 radical (unpaired) electrons. The summed E-state index contributed by atoms with van der Waals surface area (Å²) >= 11 is 9.23. The van der Waals surface area contributed by atoms with Crippen molar-refractivity contribution in [2.75, 3.05) is 6.61 Å². The number of halogens is 2. The number of hydrogen-bond donors (Lipinski definition) is 2. The highest BCUT2D eigenvalue weighted by molar-refractivity contribution is 9.10. The van der Waals surface area contributed by atoms with E-state index in [0.29, 0.717) is 10.9 Å². The molecule has 1 unspecified atom stereocenters. The van der Waals surface area contributed by atoms with Crippen LogP contribution in [0.25, 0.3) is 0 Å². The van der Waals surface area contributed by atoms with Gasteiger partial charge in [0.05, 0.1) is 5.02 Å². The Morgan fingerprint density at radius 1 is 1.40 bits per heavy atom. The molecule has 0 fully saturated rings. The van der Waals surface area contributed by atoms with Crippen molar-refractivity contribution in [3.8, 4) is 0 Å². The van der Waals surface area contributed by atoms with Crippen LogP contribution in [0.3, 0.4) is 0 Å². The fourth-order valence-electron chi connectivity index (χ4n) is 1.74. The minimum atomic E-state index is -3.73. The average Bonchev–Trinajstić information content (AvgIpc) is 2.26. The van der Waals surface area contributed by atoms with Crippen LogP contribution < -0.4 is 4.72 Å². The number of nitrogens with one attached hydrogen (secondary N) is 1. The van der Waals surface area contributed by atoms with E-state index in [9.17, 15) is 8.42 Å². The summed E-state index contributed by atoms with van der Waals surface area (Å²) in [6, 6.07) is 4.23. The van der Waals surface area contributed by atoms with E-state index in [1.807, 2.05) is 20.8 Å². The molecule has 4 nitrogen and oxygen atoms in total. The highest BCUT2D eigenvalue weighted by Crippen LogP contribution is 2.28. The molecular formula is C13H19BrClNO3S. The second-order valence-electron chi connectivity index (χ2n) is 5.63. The van der Waals surface area contributed by atoms with E-state index in [4.69, 9.17) is 16.7 Å². The van der Waals surface area contributed by atoms with Crippen molar-refractivity contribution in [3.05, 3.63) is 27.7 Å². The largest absolute Gasteiger partial charge is 0.396 e. The maximum absolute atomic E-state index is 12.4. The van der Waals surface area contributed by atoms with E-state index < -0.39 is 10.0 Å². The standard InChI is InChI=1S/C13H19BrClNO3S/c1-13(2,3)12(6-7-17)16-20(18,19)11-5-4-9(14)8-10(11)15/h4-5,8,12,16-17H,6-7H2,1-3H3. The Morgan fingerprint density at radius 3 is 2.45 bits per heavy atom. The Bertz CT molecular complexity index is 569. The third-order valence-corrected chi connectivity index (χ3v) is 5.39. The molecule has 0 aliphatic carbocycles. The minimum Gasteiger partial charge on any atom is -0.396 e. The highest BCUT2D eigenvalue weighted by Gasteiger charge is 2.30. The third kappa shape index (κ3) is 4.70. The van der Waals surface area contributed by atoms with Gasteiger partial charge in [0.1, 0.15) is 4.90 Å². The number of aliphatic hydroxyl groups excluding tert-OH is 1. The molecule has 0 heterocycles. The zero-order valence-corrected chi connectivity index (χ0v) is 14.8. The summed E-state index contributed by atoms with van der Waals surface area (Å²) in [7, 11) is -3.73. The molecule has 0 amide bonds. The van der Waals surface area contributed by atoms with Crippen molar-refractivity contribution in [1.29, 1.82) is 0 Å². The van der Waals surface area contributed by atoms with E-state index in [1.54, 1.807) is 6.07 Å². The summed E-state index contributed by atoms with van der Waals surface area (Å²) in [5.41, 5.74) is -0.308. The molecule has 114 valence electrons. The van der Waals surface area contributed by atoms with Gasteiger partial charge in [0.2, 0.25) is 10.0 Å². The van der Waals surface area contributed by atoms with Crippen molar-refractivity contribution >= 4 is 37.6 Å². The van der Waals surface area contributed by atoms with Gasteiger partial charge in [-0.2, -0.15) is 0 Å². The zero-order valence-electron chi connectivity index (χ0n) is 11.7. The van der Waals surface area contributed by atoms with Gasteiger partial charge in [-0.05, 0) is 30.0 Å². The second kappa shape index (κ2) is 6.75. The first-order valence-corrected chi connectivity index (χ1v) is 8.81. The lowest BCUT2D eigenvalue weighted by atomic mass is 9.86. The Balaban J connectivity index is 3.10. The third-order valence-electron chi connectivity index (χ3n) is 2.94. The van der Waals surface area contributed by atoms with Gasteiger partial charge in [0.25, 0.3) is 0 Å². The topological polar surface area (TPSA) is 66.4 Å². The Labute approximate surface area is 133 Å². The van der Waals surface area contributed by atoms with Crippen LogP contribution in [0.5, 0.6) is 0 Å². The molecule has 0 aliphatic rings. The Hall–Kier alpha value is -0.140. The molecule has 0 saturated heterocycles. The van der Waals surface area contributed by atoms with Crippen LogP contribution in [0, 0.1) is 5.41 Å². The monoisotopic (exact) mass is 383 g/mol. The first kappa shape index (κ1) is 17.9. The van der Waals surface area contributed by atoms with Crippen molar-refractivity contribution in [2.24, 2.45) is 5.41 Å². The lowest BCUT2D eigenvalue weighted by molar-refractivity contribution is 0.214. The lowest BCUT2D eigenvalue weighted by Crippen LogP contribution is -2.44. The molecule has 0 saturated carbocycles. The predicted molar refractivity (Wildman–Crippen MR) is 84.4 cm³/mol. The van der Waals surface area contributed by atoms with Gasteiger partial charge in [-0.1, -0.05) is 48.3 Å². The predicted octanol–water partition coefficient (Wildman–Crippen LogP) is 3.18. The van der Waals surface area contributed by atoms with Gasteiger partial charge < -0.3 is 5.11 Å². The zero-order chi connectivity index (χ0) is 15.6. The van der Waals surface area contributed by atoms with Crippen LogP contribution in [-0.4, -0.2) is 26.2 Å². The van der Waals surface area contributed by atoms with E-state index in [2.05, 4.69) is 20.7 Å². The Morgan fingerprint density at radius 2 is 2.00 bits per heavy atom. The van der Waals surface area contributed by atoms with E-state index in [-0.39, 0.29) is 28.0 Å². The fraction of sp³-hybridized carbons (Fsp3) is 0.538. The number of sulfonamides is 1. The molecule has 20 heavy (non-hydrogen) atoms. The fourth-order valence-corrected chi connectivity index (χ4v) is 4.26. The van der Waals surface area contributed by atoms with Gasteiger partial charge in [-0.15, -0.1) is 0 Å². The molecule has 0 aliphatic heterocycles. The lowest BCUT2D eigenvalue weighted by Gasteiger charge is -2.31. The average molecular weight is 385 g/mol. The number of hydrogen-bond acceptors (Lipinski definition) is 3. The van der Waals surface area contributed by atoms with Crippen molar-refractivity contribution in [3.63, 3.8) is 0 Å². The summed E-state index contributed by atoms with van der Waals surface area (Å²) in [6.45, 7) is 5.66. The number of benzene rings is 1. The summed E-state index contributed by atoms with van der Waals surface area (Å²) in [5.74, 6) is 0. The van der Waals surface area contributed by atoms with E-state index >= 15 is 0 Å². The van der Waals surface area contributed by atoms with Gasteiger partial charge in [-0.25, -0.2) is 13.1 Å². The van der Waals surface area contributed by atoms with Gasteiger partial charge >= 0.3 is 0 Å². The van der Waals surface area contributed by atoms with E-state index in [1.165, 1.54) is 12.1 Å². The SMILES string of the molecule is CC(C)(C)C(CCO)NS(=O)(=O)c1ccc(Br)cc1Cl. The maximum Gasteiger partial charge on any atom is 0.242 e. The molecule has 1 aromatic carbocycles. The smallest absolute Gasteiger partial charge is 0.242 e. The second-order valence-corrected chi connectivity index (χ2v) is 8.63. The van der Waals surface area contributed by atoms with Gasteiger partial charge in [0, 0.05) is 17.1 Å². The van der Waals surface area contributed by atoms with Crippen LogP contribution in [-0.2, 0) is 10.0 Å². The normalized spacial score (nSPS) is 14.3. The molecule has 0 aromatic heterocycles. The highest BCUT2D eigenvalue weighted by atomic mass is 79.9. The van der Waals surface area contributed by atoms with E-state index in [0.717, 1.165) is 0 Å². The number of aliphatic hydroxyl groups is 1. The molecule has 1 rings (SSSR count). The summed E-state index contributed by atoms with van der Waals surface area (Å²) < 4.78 is 28.1. The van der Waals surface area contributed by atoms with Crippen molar-refractivity contribution in [2.45, 2.75) is 38.1 Å².